The van der Waals surface area contributed by atoms with Crippen molar-refractivity contribution in [3.8, 4) is 17.0 Å². The highest BCUT2D eigenvalue weighted by Gasteiger charge is 2.31. The van der Waals surface area contributed by atoms with Gasteiger partial charge in [-0.05, 0) is 39.2 Å². The maximum Gasteiger partial charge on any atom is 0.267 e. The SMILES string of the molecule is COCCc1nc(-c2ccc3c(c2)N(CCN(C)C)C(=O)C(C)O3)cs1. The predicted molar refractivity (Wildman–Crippen MR) is 104 cm³/mol. The number of likely N-dealkylation sites (N-methyl/N-ethyl adjacent to an activating group) is 1. The topological polar surface area (TPSA) is 54.9 Å². The number of methoxy groups -OCH3 is 1. The number of thiazole rings is 1. The number of nitrogens with zero attached hydrogens (tertiary/aromatic N) is 3. The van der Waals surface area contributed by atoms with Crippen LogP contribution in [0.1, 0.15) is 11.9 Å². The van der Waals surface area contributed by atoms with E-state index in [-0.39, 0.29) is 5.91 Å². The van der Waals surface area contributed by atoms with Crippen molar-refractivity contribution in [2.24, 2.45) is 0 Å². The van der Waals surface area contributed by atoms with Crippen LogP contribution in [-0.4, -0.2) is 62.8 Å². The first-order valence-corrected chi connectivity index (χ1v) is 9.58. The lowest BCUT2D eigenvalue weighted by Gasteiger charge is -2.34. The van der Waals surface area contributed by atoms with Gasteiger partial charge in [-0.2, -0.15) is 0 Å². The van der Waals surface area contributed by atoms with Gasteiger partial charge in [-0.1, -0.05) is 0 Å². The summed E-state index contributed by atoms with van der Waals surface area (Å²) in [6, 6.07) is 5.94. The van der Waals surface area contributed by atoms with Gasteiger partial charge in [-0.15, -0.1) is 11.3 Å². The van der Waals surface area contributed by atoms with Gasteiger partial charge in [0.2, 0.25) is 0 Å². The van der Waals surface area contributed by atoms with E-state index in [4.69, 9.17) is 9.47 Å². The summed E-state index contributed by atoms with van der Waals surface area (Å²) in [5, 5.41) is 3.09. The van der Waals surface area contributed by atoms with Crippen LogP contribution < -0.4 is 9.64 Å². The third kappa shape index (κ3) is 4.06. The van der Waals surface area contributed by atoms with Gasteiger partial charge in [0.25, 0.3) is 5.91 Å². The summed E-state index contributed by atoms with van der Waals surface area (Å²) in [5.41, 5.74) is 2.73. The predicted octanol–water partition coefficient (Wildman–Crippen LogP) is 2.67. The highest BCUT2D eigenvalue weighted by atomic mass is 32.1. The molecule has 1 amide bonds. The first-order chi connectivity index (χ1) is 12.5. The van der Waals surface area contributed by atoms with Crippen LogP contribution >= 0.6 is 11.3 Å². The number of hydrogen-bond acceptors (Lipinski definition) is 6. The molecule has 1 aromatic carbocycles. The minimum absolute atomic E-state index is 0.00411. The first-order valence-electron chi connectivity index (χ1n) is 8.70. The van der Waals surface area contributed by atoms with Crippen LogP contribution in [0, 0.1) is 0 Å². The Labute approximate surface area is 158 Å². The average Bonchev–Trinajstić information content (AvgIpc) is 3.09. The molecule has 0 saturated heterocycles. The number of aromatic nitrogens is 1. The zero-order valence-electron chi connectivity index (χ0n) is 15.7. The van der Waals surface area contributed by atoms with Gasteiger partial charge in [0.1, 0.15) is 5.75 Å². The van der Waals surface area contributed by atoms with Crippen molar-refractivity contribution < 1.29 is 14.3 Å². The van der Waals surface area contributed by atoms with Crippen molar-refractivity contribution in [2.45, 2.75) is 19.4 Å². The number of benzene rings is 1. The zero-order chi connectivity index (χ0) is 18.7. The van der Waals surface area contributed by atoms with Gasteiger partial charge in [-0.25, -0.2) is 4.98 Å². The molecule has 26 heavy (non-hydrogen) atoms. The number of anilines is 1. The van der Waals surface area contributed by atoms with Crippen LogP contribution in [0.4, 0.5) is 5.69 Å². The maximum absolute atomic E-state index is 12.6. The molecular formula is C19H25N3O3S. The number of fused-ring (bicyclic) bond motifs is 1. The van der Waals surface area contributed by atoms with E-state index in [1.54, 1.807) is 25.4 Å². The van der Waals surface area contributed by atoms with Gasteiger partial charge < -0.3 is 19.3 Å². The van der Waals surface area contributed by atoms with Crippen LogP contribution in [0.25, 0.3) is 11.3 Å². The molecule has 0 bridgehead atoms. The summed E-state index contributed by atoms with van der Waals surface area (Å²) in [5.74, 6) is 0.741. The second-order valence-electron chi connectivity index (χ2n) is 6.61. The molecule has 0 saturated carbocycles. The molecule has 2 heterocycles. The van der Waals surface area contributed by atoms with Gasteiger partial charge in [0.05, 0.1) is 23.0 Å². The third-order valence-electron chi connectivity index (χ3n) is 4.31. The normalized spacial score (nSPS) is 16.7. The molecule has 0 aliphatic carbocycles. The van der Waals surface area contributed by atoms with Crippen LogP contribution in [0.5, 0.6) is 5.75 Å². The van der Waals surface area contributed by atoms with Gasteiger partial charge in [0.15, 0.2) is 6.10 Å². The standard InChI is InChI=1S/C19H25N3O3S/c1-13-19(23)22(9-8-21(2)3)16-11-14(5-6-17(16)25-13)15-12-26-18(20-15)7-10-24-4/h5-6,11-13H,7-10H2,1-4H3. The fourth-order valence-electron chi connectivity index (χ4n) is 2.84. The molecule has 1 aliphatic rings. The van der Waals surface area contributed by atoms with E-state index >= 15 is 0 Å². The number of carbonyl (C=O) groups excluding carboxylic acids is 1. The molecule has 1 unspecified atom stereocenters. The van der Waals surface area contributed by atoms with E-state index in [9.17, 15) is 4.79 Å². The Hall–Kier alpha value is -1.96. The van der Waals surface area contributed by atoms with E-state index in [0.717, 1.165) is 40.7 Å². The van der Waals surface area contributed by atoms with E-state index in [1.165, 1.54) is 0 Å². The van der Waals surface area contributed by atoms with Crippen molar-refractivity contribution in [1.29, 1.82) is 0 Å². The largest absolute Gasteiger partial charge is 0.479 e. The Balaban J connectivity index is 1.89. The number of hydrogen-bond donors (Lipinski definition) is 0. The van der Waals surface area contributed by atoms with Crippen molar-refractivity contribution in [3.05, 3.63) is 28.6 Å². The Morgan fingerprint density at radius 1 is 1.38 bits per heavy atom. The lowest BCUT2D eigenvalue weighted by atomic mass is 10.1. The highest BCUT2D eigenvalue weighted by Crippen LogP contribution is 2.37. The molecular weight excluding hydrogens is 350 g/mol. The highest BCUT2D eigenvalue weighted by molar-refractivity contribution is 7.09. The van der Waals surface area contributed by atoms with Crippen molar-refractivity contribution in [2.75, 3.05) is 45.8 Å². The van der Waals surface area contributed by atoms with Crippen LogP contribution in [-0.2, 0) is 16.0 Å². The fourth-order valence-corrected chi connectivity index (χ4v) is 3.63. The molecule has 1 atom stereocenters. The van der Waals surface area contributed by atoms with Crippen molar-refractivity contribution in [1.82, 2.24) is 9.88 Å². The lowest BCUT2D eigenvalue weighted by Crippen LogP contribution is -2.46. The number of amides is 1. The third-order valence-corrected chi connectivity index (χ3v) is 5.21. The molecule has 6 nitrogen and oxygen atoms in total. The Morgan fingerprint density at radius 2 is 2.19 bits per heavy atom. The van der Waals surface area contributed by atoms with E-state index < -0.39 is 6.10 Å². The Morgan fingerprint density at radius 3 is 2.92 bits per heavy atom. The fraction of sp³-hybridized carbons (Fsp3) is 0.474. The van der Waals surface area contributed by atoms with E-state index in [0.29, 0.717) is 13.2 Å². The van der Waals surface area contributed by atoms with Crippen LogP contribution in [0.2, 0.25) is 0 Å². The van der Waals surface area contributed by atoms with Gasteiger partial charge in [0, 0.05) is 37.6 Å². The summed E-state index contributed by atoms with van der Waals surface area (Å²) in [6.07, 6.45) is 0.343. The maximum atomic E-state index is 12.6. The second-order valence-corrected chi connectivity index (χ2v) is 7.55. The summed E-state index contributed by atoms with van der Waals surface area (Å²) in [6.45, 7) is 3.88. The minimum atomic E-state index is -0.463. The second kappa shape index (κ2) is 8.16. The molecule has 140 valence electrons. The molecule has 0 radical (unpaired) electrons. The number of ether oxygens (including phenoxy) is 2. The minimum Gasteiger partial charge on any atom is -0.479 e. The smallest absolute Gasteiger partial charge is 0.267 e. The zero-order valence-corrected chi connectivity index (χ0v) is 16.5. The first kappa shape index (κ1) is 18.8. The van der Waals surface area contributed by atoms with E-state index in [1.807, 2.05) is 42.6 Å². The van der Waals surface area contributed by atoms with Crippen molar-refractivity contribution >= 4 is 22.9 Å². The molecule has 1 aromatic heterocycles. The molecule has 2 aromatic rings. The summed E-state index contributed by atoms with van der Waals surface area (Å²) >= 11 is 1.63. The van der Waals surface area contributed by atoms with Gasteiger partial charge in [-0.3, -0.25) is 4.79 Å². The van der Waals surface area contributed by atoms with Crippen LogP contribution in [0.3, 0.4) is 0 Å². The lowest BCUT2D eigenvalue weighted by molar-refractivity contribution is -0.125. The quantitative estimate of drug-likeness (QED) is 0.745. The summed E-state index contributed by atoms with van der Waals surface area (Å²) in [7, 11) is 5.70. The molecule has 7 heteroatoms. The Kier molecular flexibility index (Phi) is 5.90. The monoisotopic (exact) mass is 375 g/mol. The molecule has 1 aliphatic heterocycles. The van der Waals surface area contributed by atoms with E-state index in [2.05, 4.69) is 9.88 Å². The summed E-state index contributed by atoms with van der Waals surface area (Å²) < 4.78 is 10.9. The number of rotatable bonds is 7. The summed E-state index contributed by atoms with van der Waals surface area (Å²) in [4.78, 5) is 21.2. The van der Waals surface area contributed by atoms with Crippen molar-refractivity contribution in [3.63, 3.8) is 0 Å². The average molecular weight is 375 g/mol. The Bertz CT molecular complexity index is 775. The molecule has 0 N–H and O–H groups in total. The molecule has 0 spiro atoms. The molecule has 0 fully saturated rings. The molecule has 3 rings (SSSR count). The number of carbonyl (C=O) groups is 1. The van der Waals surface area contributed by atoms with Gasteiger partial charge >= 0.3 is 0 Å². The van der Waals surface area contributed by atoms with Crippen LogP contribution in [0.15, 0.2) is 23.6 Å².